The molecule has 248 valence electrons. The highest BCUT2D eigenvalue weighted by Crippen LogP contribution is 2.68. The summed E-state index contributed by atoms with van der Waals surface area (Å²) in [4.78, 5) is 50.6. The van der Waals surface area contributed by atoms with Crippen LogP contribution in [0.1, 0.15) is 105 Å². The largest absolute Gasteiger partial charge is 0.458 e. The van der Waals surface area contributed by atoms with E-state index in [1.165, 1.54) is 19.3 Å². The highest BCUT2D eigenvalue weighted by Gasteiger charge is 2.61. The zero-order valence-corrected chi connectivity index (χ0v) is 28.2. The molecule has 4 aliphatic carbocycles. The number of carbonyl (C=O) groups is 4. The van der Waals surface area contributed by atoms with Crippen LogP contribution < -0.4 is 10.6 Å². The molecule has 0 heterocycles. The van der Waals surface area contributed by atoms with E-state index in [2.05, 4.69) is 31.4 Å². The van der Waals surface area contributed by atoms with Gasteiger partial charge in [-0.05, 0) is 126 Å². The molecular weight excluding hydrogens is 568 g/mol. The van der Waals surface area contributed by atoms with Crippen molar-refractivity contribution in [3.05, 3.63) is 35.9 Å². The lowest BCUT2D eigenvalue weighted by molar-refractivity contribution is -0.180. The minimum Gasteiger partial charge on any atom is -0.458 e. The molecule has 0 aliphatic heterocycles. The van der Waals surface area contributed by atoms with E-state index in [0.717, 1.165) is 44.1 Å². The second-order valence-corrected chi connectivity index (χ2v) is 16.1. The Balaban J connectivity index is 1.09. The number of hydrogen-bond donors (Lipinski definition) is 2. The molecule has 4 fully saturated rings. The number of nitrogens with one attached hydrogen (secondary N) is 2. The monoisotopic (exact) mass is 622 g/mol. The Kier molecular flexibility index (Phi) is 9.45. The number of benzene rings is 1. The fourth-order valence-corrected chi connectivity index (χ4v) is 10.0. The van der Waals surface area contributed by atoms with Gasteiger partial charge in [-0.25, -0.2) is 4.79 Å². The van der Waals surface area contributed by atoms with Gasteiger partial charge in [-0.3, -0.25) is 14.4 Å². The molecule has 8 atom stereocenters. The van der Waals surface area contributed by atoms with Gasteiger partial charge in [-0.1, -0.05) is 44.2 Å². The molecule has 2 amide bonds. The van der Waals surface area contributed by atoms with Crippen LogP contribution >= 0.6 is 0 Å². The lowest BCUT2D eigenvalue weighted by atomic mass is 9.44. The van der Waals surface area contributed by atoms with Gasteiger partial charge < -0.3 is 20.1 Å². The Labute approximate surface area is 269 Å². The third-order valence-electron chi connectivity index (χ3n) is 12.7. The molecule has 1 aromatic rings. The quantitative estimate of drug-likeness (QED) is 0.300. The topological polar surface area (TPSA) is 111 Å². The van der Waals surface area contributed by atoms with Crippen molar-refractivity contribution in [2.75, 3.05) is 13.1 Å². The summed E-state index contributed by atoms with van der Waals surface area (Å²) in [6.07, 6.45) is 9.06. The zero-order chi connectivity index (χ0) is 32.6. The summed E-state index contributed by atoms with van der Waals surface area (Å²) >= 11 is 0. The summed E-state index contributed by atoms with van der Waals surface area (Å²) in [6.45, 7) is 12.2. The third-order valence-corrected chi connectivity index (χ3v) is 12.7. The van der Waals surface area contributed by atoms with Crippen LogP contribution in [0.4, 0.5) is 4.79 Å². The van der Waals surface area contributed by atoms with Crippen molar-refractivity contribution < 1.29 is 28.7 Å². The minimum atomic E-state index is -0.943. The number of carbonyl (C=O) groups excluding carboxylic acids is 4. The molecule has 8 nitrogen and oxygen atoms in total. The SMILES string of the molecule is CC(=O)[C@H]1CC[C@H]2[C@@H]3CC[C@H]4C[C@](C)(OC(=O)CNC(=O)C(C)(C)CNC(=O)OCc5ccccc5)CC[C@]4(C)[C@H]3CC[C@]12C. The maximum atomic E-state index is 13.0. The summed E-state index contributed by atoms with van der Waals surface area (Å²) in [6, 6.07) is 9.38. The van der Waals surface area contributed by atoms with Gasteiger partial charge in [0.2, 0.25) is 5.91 Å². The Morgan fingerprint density at radius 2 is 1.58 bits per heavy atom. The van der Waals surface area contributed by atoms with E-state index in [9.17, 15) is 19.2 Å². The van der Waals surface area contributed by atoms with Crippen molar-refractivity contribution >= 4 is 23.8 Å². The van der Waals surface area contributed by atoms with Crippen LogP contribution in [-0.4, -0.2) is 42.4 Å². The number of fused-ring (bicyclic) bond motifs is 5. The highest BCUT2D eigenvalue weighted by atomic mass is 16.6. The number of Topliss-reactive ketones (excluding diaryl/α,β-unsaturated/α-hetero) is 1. The molecule has 0 bridgehead atoms. The van der Waals surface area contributed by atoms with Crippen LogP contribution in [0.5, 0.6) is 0 Å². The van der Waals surface area contributed by atoms with Gasteiger partial charge >= 0.3 is 12.1 Å². The summed E-state index contributed by atoms with van der Waals surface area (Å²) < 4.78 is 11.3. The number of amides is 2. The minimum absolute atomic E-state index is 0.0665. The molecule has 1 aromatic carbocycles. The lowest BCUT2D eigenvalue weighted by Crippen LogP contribution is -2.56. The maximum absolute atomic E-state index is 13.0. The highest BCUT2D eigenvalue weighted by molar-refractivity contribution is 5.86. The second-order valence-electron chi connectivity index (χ2n) is 16.1. The average Bonchev–Trinajstić information content (AvgIpc) is 3.36. The van der Waals surface area contributed by atoms with E-state index >= 15 is 0 Å². The van der Waals surface area contributed by atoms with Crippen LogP contribution in [0, 0.1) is 45.8 Å². The summed E-state index contributed by atoms with van der Waals surface area (Å²) in [5.74, 6) is 2.36. The number of hydrogen-bond acceptors (Lipinski definition) is 6. The zero-order valence-electron chi connectivity index (χ0n) is 28.2. The summed E-state index contributed by atoms with van der Waals surface area (Å²) in [5.41, 5.74) is -0.217. The second kappa shape index (κ2) is 12.7. The van der Waals surface area contributed by atoms with Crippen molar-refractivity contribution in [2.24, 2.45) is 45.8 Å². The third kappa shape index (κ3) is 6.80. The van der Waals surface area contributed by atoms with E-state index in [-0.39, 0.29) is 42.4 Å². The molecule has 5 rings (SSSR count). The first kappa shape index (κ1) is 33.5. The van der Waals surface area contributed by atoms with Gasteiger partial charge in [0.15, 0.2) is 0 Å². The molecule has 8 heteroatoms. The van der Waals surface area contributed by atoms with Crippen LogP contribution in [0.15, 0.2) is 30.3 Å². The number of ether oxygens (including phenoxy) is 2. The molecule has 0 spiro atoms. The molecule has 2 N–H and O–H groups in total. The van der Waals surface area contributed by atoms with Gasteiger partial charge in [0.25, 0.3) is 0 Å². The molecule has 0 saturated heterocycles. The molecular formula is C37H54N2O6. The van der Waals surface area contributed by atoms with Crippen molar-refractivity contribution in [3.8, 4) is 0 Å². The lowest BCUT2D eigenvalue weighted by Gasteiger charge is -2.62. The summed E-state index contributed by atoms with van der Waals surface area (Å²) in [5, 5.41) is 5.37. The van der Waals surface area contributed by atoms with Gasteiger partial charge in [0.05, 0.1) is 5.41 Å². The molecule has 0 aromatic heterocycles. The van der Waals surface area contributed by atoms with Gasteiger partial charge in [0, 0.05) is 12.5 Å². The van der Waals surface area contributed by atoms with E-state index in [0.29, 0.717) is 29.5 Å². The van der Waals surface area contributed by atoms with Crippen LogP contribution in [0.25, 0.3) is 0 Å². The molecule has 0 radical (unpaired) electrons. The Hall–Kier alpha value is -2.90. The number of esters is 1. The predicted octanol–water partition coefficient (Wildman–Crippen LogP) is 6.61. The standard InChI is InChI=1S/C37H54N2O6/c1-24(40)28-14-15-29-27-13-12-26-20-35(4,18-19-36(26,5)30(27)16-17-37(28,29)6)45-31(41)21-38-32(42)34(2,3)23-39-33(43)44-22-25-10-8-7-9-11-25/h7-11,26-30H,12-23H2,1-6H3,(H,38,42)(H,39,43)/t26-,27-,28+,29-,30-,35+,36-,37+/m0/s1. The number of rotatable bonds is 9. The van der Waals surface area contributed by atoms with Crippen LogP contribution in [-0.2, 0) is 30.5 Å². The van der Waals surface area contributed by atoms with Crippen molar-refractivity contribution in [1.29, 1.82) is 0 Å². The fraction of sp³-hybridized carbons (Fsp3) is 0.730. The van der Waals surface area contributed by atoms with Crippen LogP contribution in [0.2, 0.25) is 0 Å². The Bertz CT molecular complexity index is 1280. The van der Waals surface area contributed by atoms with Gasteiger partial charge in [-0.2, -0.15) is 0 Å². The van der Waals surface area contributed by atoms with E-state index < -0.39 is 23.1 Å². The maximum Gasteiger partial charge on any atom is 0.407 e. The van der Waals surface area contributed by atoms with Gasteiger partial charge in [-0.15, -0.1) is 0 Å². The van der Waals surface area contributed by atoms with E-state index in [1.54, 1.807) is 20.8 Å². The Morgan fingerprint density at radius 1 is 0.867 bits per heavy atom. The normalized spacial score (nSPS) is 35.6. The van der Waals surface area contributed by atoms with Crippen molar-refractivity contribution in [2.45, 2.75) is 112 Å². The predicted molar refractivity (Wildman–Crippen MR) is 172 cm³/mol. The van der Waals surface area contributed by atoms with Crippen molar-refractivity contribution in [3.63, 3.8) is 0 Å². The first-order valence-corrected chi connectivity index (χ1v) is 17.1. The first-order chi connectivity index (χ1) is 21.2. The number of ketones is 1. The fourth-order valence-electron chi connectivity index (χ4n) is 10.0. The average molecular weight is 623 g/mol. The number of alkyl carbamates (subject to hydrolysis) is 1. The summed E-state index contributed by atoms with van der Waals surface area (Å²) in [7, 11) is 0. The molecule has 4 aliphatic rings. The molecule has 0 unspecified atom stereocenters. The van der Waals surface area contributed by atoms with E-state index in [4.69, 9.17) is 9.47 Å². The molecule has 4 saturated carbocycles. The van der Waals surface area contributed by atoms with Crippen molar-refractivity contribution in [1.82, 2.24) is 10.6 Å². The van der Waals surface area contributed by atoms with Crippen LogP contribution in [0.3, 0.4) is 0 Å². The Morgan fingerprint density at radius 3 is 2.29 bits per heavy atom. The smallest absolute Gasteiger partial charge is 0.407 e. The van der Waals surface area contributed by atoms with Gasteiger partial charge in [0.1, 0.15) is 24.5 Å². The first-order valence-electron chi connectivity index (χ1n) is 17.1. The van der Waals surface area contributed by atoms with E-state index in [1.807, 2.05) is 30.3 Å². The molecule has 45 heavy (non-hydrogen) atoms.